The molecule has 0 fully saturated rings. The normalized spacial score (nSPS) is 23.9. The van der Waals surface area contributed by atoms with Crippen LogP contribution in [0.2, 0.25) is 0 Å². The van der Waals surface area contributed by atoms with Gasteiger partial charge in [0.15, 0.2) is 6.04 Å². The van der Waals surface area contributed by atoms with Gasteiger partial charge in [-0.1, -0.05) is 13.8 Å². The largest absolute Gasteiger partial charge is 0.480 e. The van der Waals surface area contributed by atoms with E-state index in [2.05, 4.69) is 4.99 Å². The van der Waals surface area contributed by atoms with Gasteiger partial charge in [0, 0.05) is 11.7 Å². The Morgan fingerprint density at radius 1 is 1.82 bits per heavy atom. The molecule has 1 aliphatic heterocycles. The highest BCUT2D eigenvalue weighted by Gasteiger charge is 2.25. The third kappa shape index (κ3) is 1.96. The van der Waals surface area contributed by atoms with E-state index in [9.17, 15) is 4.79 Å². The summed E-state index contributed by atoms with van der Waals surface area (Å²) in [6, 6.07) is -0.502. The van der Waals surface area contributed by atoms with Crippen LogP contribution in [0.4, 0.5) is 0 Å². The fraction of sp³-hybridized carbons (Fsp3) is 0.714. The van der Waals surface area contributed by atoms with Crippen molar-refractivity contribution in [3.8, 4) is 0 Å². The van der Waals surface area contributed by atoms with Crippen LogP contribution in [0.1, 0.15) is 13.8 Å². The average Bonchev–Trinajstić information content (AvgIpc) is 2.33. The van der Waals surface area contributed by atoms with Crippen LogP contribution in [-0.4, -0.2) is 27.9 Å². The Morgan fingerprint density at radius 3 is 2.73 bits per heavy atom. The second-order valence-corrected chi connectivity index (χ2v) is 3.83. The molecule has 0 bridgehead atoms. The molecule has 0 aromatic heterocycles. The SMILES string of the molecule is CC(C)C1=N[C@@H](C(=O)O)CS1. The van der Waals surface area contributed by atoms with E-state index in [1.165, 1.54) is 0 Å². The standard InChI is InChI=1S/C7H11NO2S/c1-4(2)6-8-5(3-11-6)7(9)10/h4-5H,3H2,1-2H3,(H,9,10)/t5-/m1/s1. The van der Waals surface area contributed by atoms with E-state index in [4.69, 9.17) is 5.11 Å². The lowest BCUT2D eigenvalue weighted by Crippen LogP contribution is -2.17. The first-order valence-electron chi connectivity index (χ1n) is 3.54. The second-order valence-electron chi connectivity index (χ2n) is 2.79. The summed E-state index contributed by atoms with van der Waals surface area (Å²) >= 11 is 1.56. The average molecular weight is 173 g/mol. The maximum Gasteiger partial charge on any atom is 0.329 e. The molecule has 62 valence electrons. The minimum absolute atomic E-state index is 0.365. The zero-order valence-electron chi connectivity index (χ0n) is 6.57. The van der Waals surface area contributed by atoms with E-state index >= 15 is 0 Å². The number of carboxylic acid groups (broad SMARTS) is 1. The first-order valence-corrected chi connectivity index (χ1v) is 4.53. The highest BCUT2D eigenvalue weighted by Crippen LogP contribution is 2.22. The topological polar surface area (TPSA) is 49.7 Å². The van der Waals surface area contributed by atoms with Crippen molar-refractivity contribution >= 4 is 22.8 Å². The number of rotatable bonds is 2. The van der Waals surface area contributed by atoms with Crippen LogP contribution >= 0.6 is 11.8 Å². The first-order chi connectivity index (χ1) is 5.11. The Bertz CT molecular complexity index is 201. The van der Waals surface area contributed by atoms with Gasteiger partial charge >= 0.3 is 5.97 Å². The molecule has 4 heteroatoms. The minimum atomic E-state index is -0.812. The van der Waals surface area contributed by atoms with Crippen molar-refractivity contribution in [3.05, 3.63) is 0 Å². The molecule has 0 amide bonds. The van der Waals surface area contributed by atoms with Crippen molar-refractivity contribution < 1.29 is 9.90 Å². The van der Waals surface area contributed by atoms with Crippen LogP contribution in [0, 0.1) is 5.92 Å². The zero-order valence-corrected chi connectivity index (χ0v) is 7.39. The number of nitrogens with zero attached hydrogens (tertiary/aromatic N) is 1. The molecule has 1 atom stereocenters. The minimum Gasteiger partial charge on any atom is -0.480 e. The molecule has 0 saturated heterocycles. The Balaban J connectivity index is 2.61. The summed E-state index contributed by atoms with van der Waals surface area (Å²) in [5.74, 6) is 0.153. The van der Waals surface area contributed by atoms with E-state index in [-0.39, 0.29) is 0 Å². The number of carboxylic acids is 1. The second kappa shape index (κ2) is 3.26. The van der Waals surface area contributed by atoms with Crippen LogP contribution < -0.4 is 0 Å². The van der Waals surface area contributed by atoms with Gasteiger partial charge in [0.2, 0.25) is 0 Å². The number of hydrogen-bond acceptors (Lipinski definition) is 3. The number of thioether (sulfide) groups is 1. The monoisotopic (exact) mass is 173 g/mol. The third-order valence-electron chi connectivity index (χ3n) is 1.45. The van der Waals surface area contributed by atoms with Gasteiger partial charge in [0.1, 0.15) is 0 Å². The highest BCUT2D eigenvalue weighted by molar-refractivity contribution is 8.14. The predicted molar refractivity (Wildman–Crippen MR) is 46.2 cm³/mol. The molecule has 0 aromatic carbocycles. The molecule has 1 rings (SSSR count). The van der Waals surface area contributed by atoms with E-state index in [1.807, 2.05) is 13.8 Å². The number of hydrogen-bond donors (Lipinski definition) is 1. The Kier molecular flexibility index (Phi) is 2.54. The van der Waals surface area contributed by atoms with Crippen LogP contribution in [-0.2, 0) is 4.79 Å². The van der Waals surface area contributed by atoms with Gasteiger partial charge in [-0.05, 0) is 0 Å². The molecule has 0 saturated carbocycles. The lowest BCUT2D eigenvalue weighted by Gasteiger charge is -1.99. The molecule has 0 aliphatic carbocycles. The molecule has 11 heavy (non-hydrogen) atoms. The molecule has 1 aliphatic rings. The van der Waals surface area contributed by atoms with Crippen LogP contribution in [0.25, 0.3) is 0 Å². The van der Waals surface area contributed by atoms with E-state index in [1.54, 1.807) is 11.8 Å². The third-order valence-corrected chi connectivity index (χ3v) is 2.81. The molecular weight excluding hydrogens is 162 g/mol. The number of carbonyl (C=O) groups is 1. The van der Waals surface area contributed by atoms with E-state index in [0.717, 1.165) is 5.04 Å². The molecule has 1 heterocycles. The molecule has 1 N–H and O–H groups in total. The molecular formula is C7H11NO2S. The Hall–Kier alpha value is -0.510. The van der Waals surface area contributed by atoms with Crippen molar-refractivity contribution in [2.45, 2.75) is 19.9 Å². The van der Waals surface area contributed by atoms with Crippen molar-refractivity contribution in [2.24, 2.45) is 10.9 Å². The quantitative estimate of drug-likeness (QED) is 0.683. The van der Waals surface area contributed by atoms with Crippen molar-refractivity contribution in [3.63, 3.8) is 0 Å². The fourth-order valence-corrected chi connectivity index (χ4v) is 1.92. The summed E-state index contributed by atoms with van der Waals surface area (Å²) in [6.07, 6.45) is 0. The number of aliphatic imine (C=N–C) groups is 1. The summed E-state index contributed by atoms with van der Waals surface area (Å²) in [6.45, 7) is 4.05. The zero-order chi connectivity index (χ0) is 8.43. The summed E-state index contributed by atoms with van der Waals surface area (Å²) in [5, 5.41) is 9.56. The first kappa shape index (κ1) is 8.59. The smallest absolute Gasteiger partial charge is 0.329 e. The highest BCUT2D eigenvalue weighted by atomic mass is 32.2. The lowest BCUT2D eigenvalue weighted by atomic mass is 10.2. The Morgan fingerprint density at radius 2 is 2.45 bits per heavy atom. The molecule has 0 aromatic rings. The van der Waals surface area contributed by atoms with Gasteiger partial charge < -0.3 is 5.11 Å². The summed E-state index contributed by atoms with van der Waals surface area (Å²) in [4.78, 5) is 14.5. The van der Waals surface area contributed by atoms with E-state index < -0.39 is 12.0 Å². The Labute approximate surface area is 69.9 Å². The van der Waals surface area contributed by atoms with Gasteiger partial charge in [-0.3, -0.25) is 4.99 Å². The number of aliphatic carboxylic acids is 1. The van der Waals surface area contributed by atoms with Gasteiger partial charge in [-0.15, -0.1) is 11.8 Å². The molecule has 0 radical (unpaired) electrons. The van der Waals surface area contributed by atoms with Gasteiger partial charge in [0.25, 0.3) is 0 Å². The summed E-state index contributed by atoms with van der Waals surface area (Å²) in [5.41, 5.74) is 0. The molecule has 3 nitrogen and oxygen atoms in total. The van der Waals surface area contributed by atoms with Crippen molar-refractivity contribution in [2.75, 3.05) is 5.75 Å². The maximum atomic E-state index is 10.4. The van der Waals surface area contributed by atoms with Crippen LogP contribution in [0.15, 0.2) is 4.99 Å². The van der Waals surface area contributed by atoms with Gasteiger partial charge in [-0.25, -0.2) is 4.79 Å². The van der Waals surface area contributed by atoms with Crippen molar-refractivity contribution in [1.82, 2.24) is 0 Å². The molecule has 0 unspecified atom stereocenters. The summed E-state index contributed by atoms with van der Waals surface area (Å²) < 4.78 is 0. The van der Waals surface area contributed by atoms with Gasteiger partial charge in [-0.2, -0.15) is 0 Å². The van der Waals surface area contributed by atoms with Crippen molar-refractivity contribution in [1.29, 1.82) is 0 Å². The maximum absolute atomic E-state index is 10.4. The fourth-order valence-electron chi connectivity index (χ4n) is 0.835. The molecule has 0 spiro atoms. The predicted octanol–water partition coefficient (Wildman–Crippen LogP) is 1.24. The summed E-state index contributed by atoms with van der Waals surface area (Å²) in [7, 11) is 0. The van der Waals surface area contributed by atoms with Crippen LogP contribution in [0.5, 0.6) is 0 Å². The van der Waals surface area contributed by atoms with Crippen LogP contribution in [0.3, 0.4) is 0 Å². The van der Waals surface area contributed by atoms with E-state index in [0.29, 0.717) is 11.7 Å². The lowest BCUT2D eigenvalue weighted by molar-refractivity contribution is -0.137. The van der Waals surface area contributed by atoms with Gasteiger partial charge in [0.05, 0.1) is 5.04 Å².